The summed E-state index contributed by atoms with van der Waals surface area (Å²) < 4.78 is 158. The van der Waals surface area contributed by atoms with Gasteiger partial charge in [0, 0.05) is 46.5 Å². The number of nitrogens with zero attached hydrogens (tertiary/aromatic N) is 7. The molecule has 7 nitrogen and oxygen atoms in total. The molecule has 0 aliphatic carbocycles. The van der Waals surface area contributed by atoms with E-state index in [2.05, 4.69) is 74.0 Å². The molecule has 1 aromatic heterocycles. The quantitative estimate of drug-likeness (QED) is 0.0804. The number of aryl methyl sites for hydroxylation is 2. The minimum Gasteiger partial charge on any atom is -0.438 e. The van der Waals surface area contributed by atoms with Crippen molar-refractivity contribution in [2.24, 2.45) is 15.0 Å². The number of aliphatic imine (C=N–C) groups is 3. The average molecular weight is 1220 g/mol. The zero-order chi connectivity index (χ0) is 56.0. The Bertz CT molecular complexity index is 2850. The van der Waals surface area contributed by atoms with Crippen molar-refractivity contribution in [3.05, 3.63) is 297 Å². The summed E-state index contributed by atoms with van der Waals surface area (Å²) in [6, 6.07) is 45.5. The van der Waals surface area contributed by atoms with Gasteiger partial charge in [-0.15, -0.1) is 0 Å². The summed E-state index contributed by atoms with van der Waals surface area (Å²) in [6.07, 6.45) is 5.59. The molecule has 0 atom stereocenters. The van der Waals surface area contributed by atoms with Crippen molar-refractivity contribution >= 4 is 53.1 Å². The van der Waals surface area contributed by atoms with Gasteiger partial charge < -0.3 is 30.9 Å². The van der Waals surface area contributed by atoms with Gasteiger partial charge in [0.25, 0.3) is 0 Å². The van der Waals surface area contributed by atoms with E-state index >= 15 is 0 Å². The van der Waals surface area contributed by atoms with Crippen molar-refractivity contribution in [2.75, 3.05) is 0 Å². The van der Waals surface area contributed by atoms with Crippen LogP contribution in [0.5, 0.6) is 0 Å². The second kappa shape index (κ2) is 35.2. The molecule has 1 heterocycles. The largest absolute Gasteiger partial charge is 3.00 e. The number of para-hydroxylation sites is 6. The normalized spacial score (nSPS) is 10.2. The summed E-state index contributed by atoms with van der Waals surface area (Å²) in [7, 11) is 0. The molecule has 0 bridgehead atoms. The number of hydrogen-bond donors (Lipinski definition) is 0. The van der Waals surface area contributed by atoms with E-state index in [0.717, 1.165) is 72.8 Å². The maximum atomic E-state index is 13.2. The summed E-state index contributed by atoms with van der Waals surface area (Å²) in [5, 5.41) is 10.2. The fourth-order valence-corrected chi connectivity index (χ4v) is 5.49. The van der Waals surface area contributed by atoms with E-state index in [1.54, 1.807) is 12.4 Å². The summed E-state index contributed by atoms with van der Waals surface area (Å²) >= 11 is 0. The molecule has 78 heavy (non-hydrogen) atoms. The maximum absolute atomic E-state index is 13.2. The molecule has 9 rings (SSSR count). The van der Waals surface area contributed by atoms with Crippen molar-refractivity contribution in [2.45, 2.75) is 13.8 Å². The second-order valence-corrected chi connectivity index (χ2v) is 14.9. The third kappa shape index (κ3) is 22.5. The summed E-state index contributed by atoms with van der Waals surface area (Å²) in [5.41, 5.74) is -0.756. The van der Waals surface area contributed by atoms with Crippen molar-refractivity contribution in [1.82, 2.24) is 4.98 Å². The minimum absolute atomic E-state index is 0. The first-order chi connectivity index (χ1) is 37.1. The monoisotopic (exact) mass is 1220 g/mol. The Morgan fingerprint density at radius 1 is 0.282 bits per heavy atom. The fraction of sp³-hybridized carbons (Fsp3) is 0.0345. The van der Waals surface area contributed by atoms with E-state index in [0.29, 0.717) is 19.0 Å². The fourth-order valence-electron chi connectivity index (χ4n) is 5.49. The number of rotatable bonds is 9. The number of aromatic nitrogens is 1. The third-order valence-electron chi connectivity index (χ3n) is 9.19. The van der Waals surface area contributed by atoms with Gasteiger partial charge >= 0.3 is 38.6 Å². The molecule has 0 amide bonds. The van der Waals surface area contributed by atoms with E-state index in [1.807, 2.05) is 54.6 Å². The molecule has 0 saturated carbocycles. The van der Waals surface area contributed by atoms with E-state index < -0.39 is 104 Å². The van der Waals surface area contributed by atoms with Gasteiger partial charge in [-0.1, -0.05) is 133 Å². The molecule has 8 aromatic carbocycles. The van der Waals surface area contributed by atoms with E-state index in [-0.39, 0.29) is 38.6 Å². The molecule has 0 aliphatic heterocycles. The Labute approximate surface area is 472 Å². The zero-order valence-corrected chi connectivity index (χ0v) is 42.9. The van der Waals surface area contributed by atoms with Crippen LogP contribution in [0.3, 0.4) is 0 Å². The first kappa shape index (κ1) is 64.1. The van der Waals surface area contributed by atoms with Gasteiger partial charge in [-0.05, 0) is 98.8 Å². The van der Waals surface area contributed by atoms with Crippen LogP contribution in [0, 0.1) is 122 Å². The van der Waals surface area contributed by atoms with Crippen LogP contribution in [0.2, 0.25) is 0 Å². The molecule has 0 fully saturated rings. The van der Waals surface area contributed by atoms with Crippen LogP contribution < -0.4 is 0 Å². The van der Waals surface area contributed by atoms with Crippen LogP contribution >= 0.6 is 0 Å². The van der Waals surface area contributed by atoms with Gasteiger partial charge in [-0.3, -0.25) is 4.98 Å². The van der Waals surface area contributed by atoms with Gasteiger partial charge in [0.2, 0.25) is 0 Å². The minimum atomic E-state index is -0.888. The topological polar surface area (TPSA) is 92.3 Å². The Morgan fingerprint density at radius 2 is 0.487 bits per heavy atom. The van der Waals surface area contributed by atoms with E-state index in [4.69, 9.17) is 0 Å². The van der Waals surface area contributed by atoms with Crippen molar-refractivity contribution in [1.29, 1.82) is 0 Å². The molecule has 0 aliphatic rings. The SMILES string of the molecule is Cc1ccccc1.Cc1ccccc1.Fc1cccc(F)c1N=C[N-]c1c(F)cccc1F.Fc1cccc(F)c1N=C[N-]c1c(F)cccc1F.Fc1cccc(F)c1N=C[N-]c1c(F)cccc1F.[Tb+3].c1ccncc1. The van der Waals surface area contributed by atoms with Crippen LogP contribution in [0.1, 0.15) is 11.1 Å². The molecule has 0 radical (unpaired) electrons. The Balaban J connectivity index is 0.000000259. The summed E-state index contributed by atoms with van der Waals surface area (Å²) in [5.74, 6) is -10.7. The maximum Gasteiger partial charge on any atom is 3.00 e. The number of pyridine rings is 1. The van der Waals surface area contributed by atoms with Gasteiger partial charge in [-0.2, -0.15) is 0 Å². The molecule has 0 spiro atoms. The van der Waals surface area contributed by atoms with Crippen molar-refractivity contribution in [3.8, 4) is 0 Å². The Morgan fingerprint density at radius 3 is 0.654 bits per heavy atom. The average Bonchev–Trinajstić information content (AvgIpc) is 3.41. The number of hydrogen-bond acceptors (Lipinski definition) is 4. The van der Waals surface area contributed by atoms with Gasteiger partial charge in [0.1, 0.15) is 69.8 Å². The third-order valence-corrected chi connectivity index (χ3v) is 9.19. The smallest absolute Gasteiger partial charge is 0.438 e. The standard InChI is InChI=1S/3C13H7F4N2.2C7H8.C5H5N.Tb/c3*14-8-3-1-4-9(15)12(8)18-7-19-13-10(16)5-2-6-11(13)17;2*1-7-5-3-2-4-6-7;1-2-4-6-5-3-1;/h3*1-7H;2*2-6H,1H3;1-5H;/q3*-1;;;;+3. The van der Waals surface area contributed by atoms with Crippen LogP contribution in [-0.2, 0) is 0 Å². The molecular weight excluding hydrogens is 1180 g/mol. The number of halogens is 12. The molecular formula is C58H42F12N7Tb. The predicted octanol–water partition coefficient (Wildman–Crippen LogP) is 18.9. The van der Waals surface area contributed by atoms with Crippen molar-refractivity contribution < 1.29 is 91.3 Å². The molecule has 0 unspecified atom stereocenters. The van der Waals surface area contributed by atoms with E-state index in [9.17, 15) is 52.7 Å². The summed E-state index contributed by atoms with van der Waals surface area (Å²) in [4.78, 5) is 14.0. The second-order valence-electron chi connectivity index (χ2n) is 14.9. The van der Waals surface area contributed by atoms with Gasteiger partial charge in [0.15, 0.2) is 0 Å². The van der Waals surface area contributed by atoms with Crippen LogP contribution in [0.15, 0.2) is 215 Å². The predicted molar refractivity (Wildman–Crippen MR) is 278 cm³/mol. The molecule has 20 heteroatoms. The van der Waals surface area contributed by atoms with E-state index in [1.165, 1.54) is 47.5 Å². The molecule has 0 saturated heterocycles. The Hall–Kier alpha value is -8.23. The molecule has 0 N–H and O–H groups in total. The Kier molecular flexibility index (Phi) is 28.9. The number of benzene rings is 8. The first-order valence-corrected chi connectivity index (χ1v) is 22.3. The zero-order valence-electron chi connectivity index (χ0n) is 40.8. The molecule has 402 valence electrons. The van der Waals surface area contributed by atoms with Gasteiger partial charge in [-0.25, -0.2) is 52.7 Å². The summed E-state index contributed by atoms with van der Waals surface area (Å²) in [6.45, 7) is 4.17. The first-order valence-electron chi connectivity index (χ1n) is 22.3. The van der Waals surface area contributed by atoms with Crippen LogP contribution in [0.4, 0.5) is 86.8 Å². The van der Waals surface area contributed by atoms with Crippen LogP contribution in [0.25, 0.3) is 16.0 Å². The van der Waals surface area contributed by atoms with Crippen molar-refractivity contribution in [3.63, 3.8) is 0 Å². The van der Waals surface area contributed by atoms with Crippen LogP contribution in [-0.4, -0.2) is 24.0 Å². The molecule has 9 aromatic rings. The van der Waals surface area contributed by atoms with Gasteiger partial charge in [0.05, 0.1) is 0 Å².